The molecular formula is C16H25N3O. The molecule has 0 saturated heterocycles. The van der Waals surface area contributed by atoms with Gasteiger partial charge in [-0.15, -0.1) is 0 Å². The molecule has 1 fully saturated rings. The predicted octanol–water partition coefficient (Wildman–Crippen LogP) is 2.05. The second-order valence-corrected chi connectivity index (χ2v) is 5.60. The molecule has 1 aliphatic carbocycles. The Balaban J connectivity index is 1.86. The van der Waals surface area contributed by atoms with Crippen molar-refractivity contribution >= 4 is 11.6 Å². The fraction of sp³-hybridized carbons (Fsp3) is 0.562. The van der Waals surface area contributed by atoms with E-state index in [4.69, 9.17) is 5.73 Å². The number of nitrogens with two attached hydrogens (primary N) is 1. The van der Waals surface area contributed by atoms with Gasteiger partial charge in [0.2, 0.25) is 5.91 Å². The van der Waals surface area contributed by atoms with Crippen LogP contribution in [-0.4, -0.2) is 24.5 Å². The zero-order valence-electron chi connectivity index (χ0n) is 12.2. The van der Waals surface area contributed by atoms with Gasteiger partial charge in [0, 0.05) is 24.3 Å². The first-order chi connectivity index (χ1) is 9.67. The molecule has 0 aliphatic heterocycles. The van der Waals surface area contributed by atoms with Gasteiger partial charge in [0.25, 0.3) is 0 Å². The standard InChI is InChI=1S/C16H25N3O/c1-2-18-16(20)10-12-6-8-14(9-7-12)19-15-5-3-4-13(17)11-15/h6-9,13,15,19H,2-5,10-11,17H2,1H3,(H,18,20). The topological polar surface area (TPSA) is 67.2 Å². The van der Waals surface area contributed by atoms with Crippen LogP contribution in [0.5, 0.6) is 0 Å². The Morgan fingerprint density at radius 3 is 2.70 bits per heavy atom. The molecule has 0 radical (unpaired) electrons. The summed E-state index contributed by atoms with van der Waals surface area (Å²) in [5.41, 5.74) is 8.16. The van der Waals surface area contributed by atoms with Crippen molar-refractivity contribution < 1.29 is 4.79 Å². The molecule has 2 unspecified atom stereocenters. The molecule has 4 nitrogen and oxygen atoms in total. The van der Waals surface area contributed by atoms with Crippen molar-refractivity contribution in [3.8, 4) is 0 Å². The number of amides is 1. The Morgan fingerprint density at radius 1 is 1.30 bits per heavy atom. The Labute approximate surface area is 121 Å². The van der Waals surface area contributed by atoms with Crippen LogP contribution < -0.4 is 16.4 Å². The highest BCUT2D eigenvalue weighted by molar-refractivity contribution is 5.78. The number of hydrogen-bond donors (Lipinski definition) is 3. The molecule has 4 N–H and O–H groups in total. The van der Waals surface area contributed by atoms with Crippen molar-refractivity contribution in [2.24, 2.45) is 5.73 Å². The maximum atomic E-state index is 11.5. The molecule has 0 aromatic heterocycles. The van der Waals surface area contributed by atoms with Crippen molar-refractivity contribution in [2.45, 2.75) is 51.1 Å². The van der Waals surface area contributed by atoms with E-state index in [0.717, 1.165) is 24.1 Å². The third kappa shape index (κ3) is 4.53. The maximum absolute atomic E-state index is 11.5. The second-order valence-electron chi connectivity index (χ2n) is 5.60. The first kappa shape index (κ1) is 14.9. The number of hydrogen-bond acceptors (Lipinski definition) is 3. The fourth-order valence-corrected chi connectivity index (χ4v) is 2.76. The average Bonchev–Trinajstić information content (AvgIpc) is 2.41. The third-order valence-corrected chi connectivity index (χ3v) is 3.78. The van der Waals surface area contributed by atoms with E-state index in [1.165, 1.54) is 12.8 Å². The van der Waals surface area contributed by atoms with Gasteiger partial charge in [0.15, 0.2) is 0 Å². The first-order valence-corrected chi connectivity index (χ1v) is 7.55. The van der Waals surface area contributed by atoms with Gasteiger partial charge in [-0.2, -0.15) is 0 Å². The lowest BCUT2D eigenvalue weighted by Crippen LogP contribution is -2.34. The van der Waals surface area contributed by atoms with E-state index in [1.54, 1.807) is 0 Å². The highest BCUT2D eigenvalue weighted by atomic mass is 16.1. The maximum Gasteiger partial charge on any atom is 0.224 e. The van der Waals surface area contributed by atoms with E-state index in [1.807, 2.05) is 19.1 Å². The quantitative estimate of drug-likeness (QED) is 0.770. The van der Waals surface area contributed by atoms with E-state index >= 15 is 0 Å². The smallest absolute Gasteiger partial charge is 0.224 e. The van der Waals surface area contributed by atoms with Gasteiger partial charge in [0.05, 0.1) is 6.42 Å². The van der Waals surface area contributed by atoms with Crippen LogP contribution in [0.4, 0.5) is 5.69 Å². The van der Waals surface area contributed by atoms with Crippen LogP contribution in [0.15, 0.2) is 24.3 Å². The Morgan fingerprint density at radius 2 is 2.05 bits per heavy atom. The van der Waals surface area contributed by atoms with Gasteiger partial charge in [0.1, 0.15) is 0 Å². The number of carbonyl (C=O) groups is 1. The van der Waals surface area contributed by atoms with Gasteiger partial charge < -0.3 is 16.4 Å². The minimum Gasteiger partial charge on any atom is -0.382 e. The van der Waals surface area contributed by atoms with Crippen LogP contribution in [0.2, 0.25) is 0 Å². The van der Waals surface area contributed by atoms with Crippen molar-refractivity contribution in [2.75, 3.05) is 11.9 Å². The van der Waals surface area contributed by atoms with E-state index < -0.39 is 0 Å². The van der Waals surface area contributed by atoms with Crippen LogP contribution in [0.3, 0.4) is 0 Å². The largest absolute Gasteiger partial charge is 0.382 e. The molecule has 20 heavy (non-hydrogen) atoms. The third-order valence-electron chi connectivity index (χ3n) is 3.78. The summed E-state index contributed by atoms with van der Waals surface area (Å²) in [5.74, 6) is 0.0754. The van der Waals surface area contributed by atoms with E-state index in [0.29, 0.717) is 25.0 Å². The zero-order chi connectivity index (χ0) is 14.4. The van der Waals surface area contributed by atoms with Gasteiger partial charge in [-0.05, 0) is 50.3 Å². The predicted molar refractivity (Wildman–Crippen MR) is 82.7 cm³/mol. The van der Waals surface area contributed by atoms with Crippen LogP contribution in [-0.2, 0) is 11.2 Å². The van der Waals surface area contributed by atoms with Crippen LogP contribution in [0.1, 0.15) is 38.2 Å². The lowest BCUT2D eigenvalue weighted by Gasteiger charge is -2.28. The molecule has 1 amide bonds. The Kier molecular flexibility index (Phi) is 5.41. The molecule has 110 valence electrons. The minimum atomic E-state index is 0.0754. The van der Waals surface area contributed by atoms with Crippen molar-refractivity contribution in [1.29, 1.82) is 0 Å². The fourth-order valence-electron chi connectivity index (χ4n) is 2.76. The second kappa shape index (κ2) is 7.29. The molecule has 1 saturated carbocycles. The number of rotatable bonds is 5. The van der Waals surface area contributed by atoms with Crippen molar-refractivity contribution in [3.63, 3.8) is 0 Å². The van der Waals surface area contributed by atoms with E-state index in [-0.39, 0.29) is 5.91 Å². The van der Waals surface area contributed by atoms with E-state index in [9.17, 15) is 4.79 Å². The number of carbonyl (C=O) groups excluding carboxylic acids is 1. The molecule has 0 spiro atoms. The average molecular weight is 275 g/mol. The summed E-state index contributed by atoms with van der Waals surface area (Å²) in [5, 5.41) is 6.35. The molecule has 0 heterocycles. The SMILES string of the molecule is CCNC(=O)Cc1ccc(NC2CCCC(N)C2)cc1. The molecule has 4 heteroatoms. The van der Waals surface area contributed by atoms with Crippen LogP contribution >= 0.6 is 0 Å². The summed E-state index contributed by atoms with van der Waals surface area (Å²) in [6, 6.07) is 8.94. The number of nitrogens with one attached hydrogen (secondary N) is 2. The molecule has 2 atom stereocenters. The molecule has 2 rings (SSSR count). The molecule has 1 aliphatic rings. The summed E-state index contributed by atoms with van der Waals surface area (Å²) in [4.78, 5) is 11.5. The lowest BCUT2D eigenvalue weighted by molar-refractivity contribution is -0.120. The highest BCUT2D eigenvalue weighted by Crippen LogP contribution is 2.21. The van der Waals surface area contributed by atoms with Gasteiger partial charge in [-0.25, -0.2) is 0 Å². The first-order valence-electron chi connectivity index (χ1n) is 7.55. The number of benzene rings is 1. The molecule has 0 bridgehead atoms. The van der Waals surface area contributed by atoms with Crippen LogP contribution in [0.25, 0.3) is 0 Å². The summed E-state index contributed by atoms with van der Waals surface area (Å²) in [6.45, 7) is 2.61. The van der Waals surface area contributed by atoms with Crippen molar-refractivity contribution in [3.05, 3.63) is 29.8 Å². The number of anilines is 1. The normalized spacial score (nSPS) is 22.3. The van der Waals surface area contributed by atoms with Gasteiger partial charge in [-0.3, -0.25) is 4.79 Å². The lowest BCUT2D eigenvalue weighted by atomic mass is 9.91. The summed E-state index contributed by atoms with van der Waals surface area (Å²) < 4.78 is 0. The monoisotopic (exact) mass is 275 g/mol. The summed E-state index contributed by atoms with van der Waals surface area (Å²) in [6.07, 6.45) is 5.02. The van der Waals surface area contributed by atoms with E-state index in [2.05, 4.69) is 22.8 Å². The number of likely N-dealkylation sites (N-methyl/N-ethyl adjacent to an activating group) is 1. The molecule has 1 aromatic carbocycles. The Bertz CT molecular complexity index is 430. The Hall–Kier alpha value is -1.55. The summed E-state index contributed by atoms with van der Waals surface area (Å²) in [7, 11) is 0. The van der Waals surface area contributed by atoms with Gasteiger partial charge in [-0.1, -0.05) is 12.1 Å². The minimum absolute atomic E-state index is 0.0754. The zero-order valence-corrected chi connectivity index (χ0v) is 12.2. The molecule has 1 aromatic rings. The highest BCUT2D eigenvalue weighted by Gasteiger charge is 2.18. The van der Waals surface area contributed by atoms with Gasteiger partial charge >= 0.3 is 0 Å². The summed E-state index contributed by atoms with van der Waals surface area (Å²) >= 11 is 0. The molecular weight excluding hydrogens is 250 g/mol. The van der Waals surface area contributed by atoms with Crippen LogP contribution in [0, 0.1) is 0 Å². The van der Waals surface area contributed by atoms with Crippen molar-refractivity contribution in [1.82, 2.24) is 5.32 Å².